The molecule has 0 bridgehead atoms. The van der Waals surface area contributed by atoms with Gasteiger partial charge in [0.2, 0.25) is 5.82 Å². The molecule has 4 heteroatoms. The van der Waals surface area contributed by atoms with Crippen molar-refractivity contribution in [1.29, 1.82) is 0 Å². The minimum atomic E-state index is -0.972. The van der Waals surface area contributed by atoms with E-state index in [0.29, 0.717) is 17.7 Å². The maximum atomic E-state index is 15.2. The molecule has 1 nitrogen and oxygen atoms in total. The molecule has 0 aromatic heterocycles. The first-order valence-electron chi connectivity index (χ1n) is 14.7. The van der Waals surface area contributed by atoms with Crippen LogP contribution < -0.4 is 4.74 Å². The molecular formula is C35H41F3O. The van der Waals surface area contributed by atoms with E-state index in [1.165, 1.54) is 50.7 Å². The Morgan fingerprint density at radius 3 is 2.10 bits per heavy atom. The third kappa shape index (κ3) is 7.56. The van der Waals surface area contributed by atoms with Gasteiger partial charge in [0.1, 0.15) is 5.82 Å². The summed E-state index contributed by atoms with van der Waals surface area (Å²) in [5.74, 6) is -1.46. The lowest BCUT2D eigenvalue weighted by Crippen LogP contribution is -2.06. The Kier molecular flexibility index (Phi) is 10.7. The van der Waals surface area contributed by atoms with Crippen molar-refractivity contribution in [2.24, 2.45) is 5.92 Å². The fraction of sp³-hybridized carbons (Fsp3) is 0.429. The van der Waals surface area contributed by atoms with Crippen LogP contribution in [0.15, 0.2) is 60.7 Å². The van der Waals surface area contributed by atoms with E-state index < -0.39 is 11.6 Å². The second-order valence-electron chi connectivity index (χ2n) is 10.8. The summed E-state index contributed by atoms with van der Waals surface area (Å²) in [7, 11) is 0. The van der Waals surface area contributed by atoms with Gasteiger partial charge in [-0.2, -0.15) is 4.39 Å². The molecule has 39 heavy (non-hydrogen) atoms. The number of unbranched alkanes of at least 4 members (excludes halogenated alkanes) is 5. The Hall–Kier alpha value is -3.01. The van der Waals surface area contributed by atoms with Crippen LogP contribution in [0.4, 0.5) is 13.2 Å². The van der Waals surface area contributed by atoms with Gasteiger partial charge in [0.25, 0.3) is 0 Å². The summed E-state index contributed by atoms with van der Waals surface area (Å²) >= 11 is 0. The Balaban J connectivity index is 1.40. The average molecular weight is 535 g/mol. The third-order valence-corrected chi connectivity index (χ3v) is 7.88. The largest absolute Gasteiger partial charge is 0.490 e. The fourth-order valence-electron chi connectivity index (χ4n) is 5.42. The van der Waals surface area contributed by atoms with Gasteiger partial charge >= 0.3 is 0 Å². The monoisotopic (exact) mass is 534 g/mol. The number of benzene rings is 3. The van der Waals surface area contributed by atoms with Gasteiger partial charge in [-0.1, -0.05) is 101 Å². The highest BCUT2D eigenvalue weighted by molar-refractivity contribution is 5.74. The lowest BCUT2D eigenvalue weighted by molar-refractivity contribution is 0.289. The SMILES string of the molecule is CCCCCCCC1CC=C(c2ccc(-c3ccc(-c4ccc(OCCCC)c(F)c4F)cc3)cc2F)CC1. The molecule has 1 aliphatic rings. The number of allylic oxidation sites excluding steroid dienone is 2. The number of halogens is 3. The van der Waals surface area contributed by atoms with E-state index in [0.717, 1.165) is 54.7 Å². The zero-order valence-electron chi connectivity index (χ0n) is 23.4. The molecular weight excluding hydrogens is 493 g/mol. The molecule has 0 amide bonds. The van der Waals surface area contributed by atoms with E-state index in [2.05, 4.69) is 13.0 Å². The summed E-state index contributed by atoms with van der Waals surface area (Å²) in [5.41, 5.74) is 4.11. The molecule has 0 saturated heterocycles. The molecule has 0 saturated carbocycles. The lowest BCUT2D eigenvalue weighted by atomic mass is 9.83. The van der Waals surface area contributed by atoms with E-state index in [1.54, 1.807) is 18.2 Å². The highest BCUT2D eigenvalue weighted by atomic mass is 19.2. The molecule has 0 radical (unpaired) electrons. The first-order valence-corrected chi connectivity index (χ1v) is 14.7. The van der Waals surface area contributed by atoms with Crippen LogP contribution in [0.25, 0.3) is 27.8 Å². The molecule has 0 fully saturated rings. The molecule has 3 aromatic carbocycles. The van der Waals surface area contributed by atoms with Crippen molar-refractivity contribution < 1.29 is 17.9 Å². The molecule has 3 aromatic rings. The highest BCUT2D eigenvalue weighted by Gasteiger charge is 2.19. The molecule has 0 N–H and O–H groups in total. The predicted octanol–water partition coefficient (Wildman–Crippen LogP) is 11.2. The Labute approximate surface area is 232 Å². The molecule has 1 atom stereocenters. The molecule has 0 spiro atoms. The van der Waals surface area contributed by atoms with Crippen LogP contribution in [0.5, 0.6) is 5.75 Å². The van der Waals surface area contributed by atoms with Crippen LogP contribution in [-0.2, 0) is 0 Å². The summed E-state index contributed by atoms with van der Waals surface area (Å²) in [5, 5.41) is 0. The fourth-order valence-corrected chi connectivity index (χ4v) is 5.42. The van der Waals surface area contributed by atoms with Gasteiger partial charge in [-0.3, -0.25) is 0 Å². The number of ether oxygens (including phenoxy) is 1. The maximum Gasteiger partial charge on any atom is 0.201 e. The van der Waals surface area contributed by atoms with Crippen LogP contribution in [0.3, 0.4) is 0 Å². The van der Waals surface area contributed by atoms with Crippen LogP contribution >= 0.6 is 0 Å². The summed E-state index contributed by atoms with van der Waals surface area (Å²) < 4.78 is 49.9. The van der Waals surface area contributed by atoms with Gasteiger partial charge in [0.05, 0.1) is 6.61 Å². The van der Waals surface area contributed by atoms with Gasteiger partial charge in [-0.25, -0.2) is 8.78 Å². The molecule has 208 valence electrons. The number of hydrogen-bond acceptors (Lipinski definition) is 1. The second-order valence-corrected chi connectivity index (χ2v) is 10.8. The zero-order valence-corrected chi connectivity index (χ0v) is 23.4. The quantitative estimate of drug-likeness (QED) is 0.198. The summed E-state index contributed by atoms with van der Waals surface area (Å²) in [6.07, 6.45) is 14.9. The van der Waals surface area contributed by atoms with Gasteiger partial charge in [0.15, 0.2) is 11.6 Å². The highest BCUT2D eigenvalue weighted by Crippen LogP contribution is 2.36. The van der Waals surface area contributed by atoms with Crippen molar-refractivity contribution in [3.63, 3.8) is 0 Å². The van der Waals surface area contributed by atoms with E-state index in [-0.39, 0.29) is 17.1 Å². The minimum Gasteiger partial charge on any atom is -0.490 e. The molecule has 0 aliphatic heterocycles. The van der Waals surface area contributed by atoms with E-state index >= 15 is 4.39 Å². The van der Waals surface area contributed by atoms with Crippen LogP contribution in [0, 0.1) is 23.4 Å². The smallest absolute Gasteiger partial charge is 0.201 e. The lowest BCUT2D eigenvalue weighted by Gasteiger charge is -2.22. The normalized spacial score (nSPS) is 15.3. The Bertz CT molecular complexity index is 1250. The standard InChI is InChI=1S/C35H41F3O/c1-3-5-7-8-9-10-25-11-13-27(14-12-25)30-20-19-29(24-32(30)36)26-15-17-28(18-16-26)31-21-22-33(35(38)34(31)37)39-23-6-4-2/h13,15-22,24-25H,3-12,14,23H2,1-2H3. The van der Waals surface area contributed by atoms with Gasteiger partial charge in [0, 0.05) is 11.1 Å². The van der Waals surface area contributed by atoms with E-state index in [4.69, 9.17) is 4.74 Å². The van der Waals surface area contributed by atoms with Crippen LogP contribution in [-0.4, -0.2) is 6.61 Å². The second kappa shape index (κ2) is 14.4. The summed E-state index contributed by atoms with van der Waals surface area (Å²) in [6.45, 7) is 4.61. The zero-order chi connectivity index (χ0) is 27.6. The number of rotatable bonds is 13. The van der Waals surface area contributed by atoms with Gasteiger partial charge in [-0.15, -0.1) is 0 Å². The molecule has 1 unspecified atom stereocenters. The summed E-state index contributed by atoms with van der Waals surface area (Å²) in [6, 6.07) is 15.5. The van der Waals surface area contributed by atoms with Crippen LogP contribution in [0.1, 0.15) is 90.0 Å². The average Bonchev–Trinajstić information content (AvgIpc) is 2.96. The predicted molar refractivity (Wildman–Crippen MR) is 156 cm³/mol. The van der Waals surface area contributed by atoms with Crippen molar-refractivity contribution in [3.05, 3.63) is 83.7 Å². The van der Waals surface area contributed by atoms with Crippen molar-refractivity contribution >= 4 is 5.57 Å². The number of hydrogen-bond donors (Lipinski definition) is 0. The maximum absolute atomic E-state index is 15.2. The topological polar surface area (TPSA) is 9.23 Å². The first-order chi connectivity index (χ1) is 19.0. The van der Waals surface area contributed by atoms with Gasteiger partial charge < -0.3 is 4.74 Å². The van der Waals surface area contributed by atoms with Crippen LogP contribution in [0.2, 0.25) is 0 Å². The van der Waals surface area contributed by atoms with Crippen molar-refractivity contribution in [1.82, 2.24) is 0 Å². The van der Waals surface area contributed by atoms with Crippen molar-refractivity contribution in [3.8, 4) is 28.0 Å². The minimum absolute atomic E-state index is 0.0668. The molecule has 0 heterocycles. The summed E-state index contributed by atoms with van der Waals surface area (Å²) in [4.78, 5) is 0. The van der Waals surface area contributed by atoms with Crippen molar-refractivity contribution in [2.45, 2.75) is 84.5 Å². The molecule has 4 rings (SSSR count). The van der Waals surface area contributed by atoms with E-state index in [9.17, 15) is 8.78 Å². The first kappa shape index (κ1) is 29.0. The Morgan fingerprint density at radius 1 is 0.718 bits per heavy atom. The Morgan fingerprint density at radius 2 is 1.41 bits per heavy atom. The van der Waals surface area contributed by atoms with Crippen molar-refractivity contribution in [2.75, 3.05) is 6.61 Å². The molecule has 1 aliphatic carbocycles. The van der Waals surface area contributed by atoms with E-state index in [1.807, 2.05) is 31.2 Å². The third-order valence-electron chi connectivity index (χ3n) is 7.88. The van der Waals surface area contributed by atoms with Gasteiger partial charge in [-0.05, 0) is 72.1 Å².